The predicted molar refractivity (Wildman–Crippen MR) is 116 cm³/mol. The summed E-state index contributed by atoms with van der Waals surface area (Å²) < 4.78 is 5.74. The van der Waals surface area contributed by atoms with E-state index >= 15 is 0 Å². The first-order valence-corrected chi connectivity index (χ1v) is 8.85. The molecule has 1 amide bonds. The summed E-state index contributed by atoms with van der Waals surface area (Å²) >= 11 is 0. The number of benzene rings is 3. The molecule has 1 heterocycles. The summed E-state index contributed by atoms with van der Waals surface area (Å²) in [5.41, 5.74) is 2.27. The van der Waals surface area contributed by atoms with Crippen LogP contribution in [0.5, 0.6) is 11.5 Å². The first-order chi connectivity index (χ1) is 13.7. The van der Waals surface area contributed by atoms with E-state index in [9.17, 15) is 9.90 Å². The number of carbonyl (C=O) groups is 1. The highest BCUT2D eigenvalue weighted by atomic mass is 35.5. The molecule has 4 aromatic rings. The van der Waals surface area contributed by atoms with E-state index in [1.165, 1.54) is 0 Å². The number of hydrogen-bond donors (Lipinski definition) is 2. The SMILES string of the molecule is Cl.O=C(Nc1ccc(OCc2ccccc2)cc1)c1ccc2cccnc2c1O. The fourth-order valence-corrected chi connectivity index (χ4v) is 2.89. The number of hydrogen-bond acceptors (Lipinski definition) is 4. The average molecular weight is 407 g/mol. The number of fused-ring (bicyclic) bond motifs is 1. The number of aromatic nitrogens is 1. The summed E-state index contributed by atoms with van der Waals surface area (Å²) in [4.78, 5) is 16.7. The number of halogens is 1. The molecule has 3 aromatic carbocycles. The van der Waals surface area contributed by atoms with E-state index in [0.717, 1.165) is 10.9 Å². The van der Waals surface area contributed by atoms with Crippen LogP contribution in [0.1, 0.15) is 15.9 Å². The van der Waals surface area contributed by atoms with Gasteiger partial charge in [0.15, 0.2) is 5.75 Å². The lowest BCUT2D eigenvalue weighted by Gasteiger charge is -2.10. The van der Waals surface area contributed by atoms with Crippen molar-refractivity contribution < 1.29 is 14.6 Å². The molecule has 0 atom stereocenters. The molecule has 5 nitrogen and oxygen atoms in total. The molecule has 0 fully saturated rings. The fraction of sp³-hybridized carbons (Fsp3) is 0.0435. The Hall–Kier alpha value is -3.57. The largest absolute Gasteiger partial charge is 0.505 e. The van der Waals surface area contributed by atoms with Crippen molar-refractivity contribution in [1.29, 1.82) is 0 Å². The molecule has 4 rings (SSSR count). The van der Waals surface area contributed by atoms with Crippen molar-refractivity contribution in [2.75, 3.05) is 5.32 Å². The topological polar surface area (TPSA) is 71.5 Å². The van der Waals surface area contributed by atoms with Gasteiger partial charge in [-0.1, -0.05) is 42.5 Å². The van der Waals surface area contributed by atoms with Gasteiger partial charge >= 0.3 is 0 Å². The summed E-state index contributed by atoms with van der Waals surface area (Å²) in [5, 5.41) is 13.9. The maximum atomic E-state index is 12.5. The Kier molecular flexibility index (Phi) is 6.32. The highest BCUT2D eigenvalue weighted by Crippen LogP contribution is 2.27. The van der Waals surface area contributed by atoms with Crippen LogP contribution in [0.15, 0.2) is 85.1 Å². The van der Waals surface area contributed by atoms with Crippen molar-refractivity contribution in [3.63, 3.8) is 0 Å². The van der Waals surface area contributed by atoms with Crippen molar-refractivity contribution >= 4 is 34.9 Å². The molecule has 0 aliphatic rings. The number of nitrogens with zero attached hydrogens (tertiary/aromatic N) is 1. The van der Waals surface area contributed by atoms with Crippen molar-refractivity contribution in [1.82, 2.24) is 4.98 Å². The van der Waals surface area contributed by atoms with Crippen LogP contribution in [-0.2, 0) is 6.61 Å². The molecule has 0 aliphatic carbocycles. The second-order valence-corrected chi connectivity index (χ2v) is 6.29. The summed E-state index contributed by atoms with van der Waals surface area (Å²) in [5.74, 6) is 0.182. The number of rotatable bonds is 5. The Morgan fingerprint density at radius 1 is 0.931 bits per heavy atom. The van der Waals surface area contributed by atoms with Crippen LogP contribution in [0.3, 0.4) is 0 Å². The third-order valence-corrected chi connectivity index (χ3v) is 4.35. The first-order valence-electron chi connectivity index (χ1n) is 8.85. The molecule has 0 radical (unpaired) electrons. The van der Waals surface area contributed by atoms with E-state index in [1.54, 1.807) is 48.7 Å². The summed E-state index contributed by atoms with van der Waals surface area (Å²) in [6, 6.07) is 24.0. The van der Waals surface area contributed by atoms with Gasteiger partial charge in [0.05, 0.1) is 5.56 Å². The molecule has 1 aromatic heterocycles. The van der Waals surface area contributed by atoms with Crippen LogP contribution in [-0.4, -0.2) is 16.0 Å². The van der Waals surface area contributed by atoms with Gasteiger partial charge in [-0.3, -0.25) is 9.78 Å². The number of anilines is 1. The predicted octanol–water partition coefficient (Wildman–Crippen LogP) is 5.19. The van der Waals surface area contributed by atoms with E-state index in [2.05, 4.69) is 10.3 Å². The van der Waals surface area contributed by atoms with Crippen LogP contribution >= 0.6 is 12.4 Å². The average Bonchev–Trinajstić information content (AvgIpc) is 2.74. The van der Waals surface area contributed by atoms with Gasteiger partial charge in [-0.25, -0.2) is 0 Å². The second-order valence-electron chi connectivity index (χ2n) is 6.29. The molecule has 6 heteroatoms. The zero-order valence-electron chi connectivity index (χ0n) is 15.4. The number of phenolic OH excluding ortho intramolecular Hbond substituents is 1. The van der Waals surface area contributed by atoms with Crippen molar-refractivity contribution in [2.24, 2.45) is 0 Å². The number of carbonyl (C=O) groups excluding carboxylic acids is 1. The number of pyridine rings is 1. The smallest absolute Gasteiger partial charge is 0.259 e. The number of nitrogens with one attached hydrogen (secondary N) is 1. The lowest BCUT2D eigenvalue weighted by molar-refractivity contribution is 0.102. The third-order valence-electron chi connectivity index (χ3n) is 4.35. The van der Waals surface area contributed by atoms with Gasteiger partial charge in [0.2, 0.25) is 0 Å². The Balaban J connectivity index is 0.00000240. The zero-order chi connectivity index (χ0) is 19.3. The minimum absolute atomic E-state index is 0. The monoisotopic (exact) mass is 406 g/mol. The highest BCUT2D eigenvalue weighted by Gasteiger charge is 2.14. The van der Waals surface area contributed by atoms with Crippen LogP contribution in [0.25, 0.3) is 10.9 Å². The minimum atomic E-state index is -0.400. The lowest BCUT2D eigenvalue weighted by atomic mass is 10.1. The normalized spacial score (nSPS) is 10.2. The Morgan fingerprint density at radius 2 is 1.69 bits per heavy atom. The van der Waals surface area contributed by atoms with Gasteiger partial charge in [0, 0.05) is 17.3 Å². The molecular weight excluding hydrogens is 388 g/mol. The van der Waals surface area contributed by atoms with E-state index in [1.807, 2.05) is 36.4 Å². The van der Waals surface area contributed by atoms with E-state index in [4.69, 9.17) is 4.74 Å². The van der Waals surface area contributed by atoms with E-state index < -0.39 is 5.91 Å². The molecule has 0 spiro atoms. The highest BCUT2D eigenvalue weighted by molar-refractivity contribution is 6.09. The van der Waals surface area contributed by atoms with Gasteiger partial charge < -0.3 is 15.2 Å². The van der Waals surface area contributed by atoms with Gasteiger partial charge in [0.1, 0.15) is 17.9 Å². The summed E-state index contributed by atoms with van der Waals surface area (Å²) in [6.07, 6.45) is 1.58. The number of phenols is 1. The third kappa shape index (κ3) is 4.65. The molecule has 29 heavy (non-hydrogen) atoms. The van der Waals surface area contributed by atoms with Crippen LogP contribution in [0, 0.1) is 0 Å². The van der Waals surface area contributed by atoms with Crippen molar-refractivity contribution in [3.8, 4) is 11.5 Å². The Labute approximate surface area is 174 Å². The van der Waals surface area contributed by atoms with E-state index in [0.29, 0.717) is 23.6 Å². The number of amides is 1. The Morgan fingerprint density at radius 3 is 2.45 bits per heavy atom. The molecule has 146 valence electrons. The molecule has 0 saturated heterocycles. The van der Waals surface area contributed by atoms with Gasteiger partial charge in [-0.15, -0.1) is 12.4 Å². The Bertz CT molecular complexity index is 1120. The molecule has 0 bridgehead atoms. The van der Waals surface area contributed by atoms with Crippen LogP contribution in [0.2, 0.25) is 0 Å². The lowest BCUT2D eigenvalue weighted by Crippen LogP contribution is -2.12. The maximum absolute atomic E-state index is 12.5. The van der Waals surface area contributed by atoms with E-state index in [-0.39, 0.29) is 23.7 Å². The van der Waals surface area contributed by atoms with Crippen molar-refractivity contribution in [3.05, 3.63) is 96.2 Å². The summed E-state index contributed by atoms with van der Waals surface area (Å²) in [7, 11) is 0. The number of aromatic hydroxyl groups is 1. The van der Waals surface area contributed by atoms with Gasteiger partial charge in [-0.05, 0) is 42.0 Å². The second kappa shape index (κ2) is 9.08. The molecule has 0 saturated carbocycles. The molecule has 0 unspecified atom stereocenters. The minimum Gasteiger partial charge on any atom is -0.505 e. The maximum Gasteiger partial charge on any atom is 0.259 e. The zero-order valence-corrected chi connectivity index (χ0v) is 16.2. The summed E-state index contributed by atoms with van der Waals surface area (Å²) in [6.45, 7) is 0.477. The molecule has 2 N–H and O–H groups in total. The van der Waals surface area contributed by atoms with Crippen LogP contribution in [0.4, 0.5) is 5.69 Å². The van der Waals surface area contributed by atoms with Crippen LogP contribution < -0.4 is 10.1 Å². The quantitative estimate of drug-likeness (QED) is 0.478. The van der Waals surface area contributed by atoms with Gasteiger partial charge in [-0.2, -0.15) is 0 Å². The molecular formula is C23H19ClN2O3. The van der Waals surface area contributed by atoms with Crippen molar-refractivity contribution in [2.45, 2.75) is 6.61 Å². The fourth-order valence-electron chi connectivity index (χ4n) is 2.89. The number of ether oxygens (including phenoxy) is 1. The molecule has 0 aliphatic heterocycles. The standard InChI is InChI=1S/C23H18N2O3.ClH/c26-22-20(13-8-17-7-4-14-24-21(17)22)23(27)25-18-9-11-19(12-10-18)28-15-16-5-2-1-3-6-16;/h1-14,26H,15H2,(H,25,27);1H. The first kappa shape index (κ1) is 20.2. The van der Waals surface area contributed by atoms with Gasteiger partial charge in [0.25, 0.3) is 5.91 Å².